The predicted octanol–water partition coefficient (Wildman–Crippen LogP) is 1.95. The lowest BCUT2D eigenvalue weighted by molar-refractivity contribution is 0.0321. The van der Waals surface area contributed by atoms with Crippen LogP contribution >= 0.6 is 0 Å². The highest BCUT2D eigenvalue weighted by atomic mass is 16.5. The van der Waals surface area contributed by atoms with Gasteiger partial charge in [0.05, 0.1) is 24.2 Å². The quantitative estimate of drug-likeness (QED) is 0.360. The molecular weight excluding hydrogens is 424 g/mol. The molecule has 1 saturated heterocycles. The first-order valence-corrected chi connectivity index (χ1v) is 10.6. The topological polar surface area (TPSA) is 136 Å². The summed E-state index contributed by atoms with van der Waals surface area (Å²) in [4.78, 5) is 19.6. The first-order chi connectivity index (χ1) is 16.2. The lowest BCUT2D eigenvalue weighted by Gasteiger charge is -2.26. The summed E-state index contributed by atoms with van der Waals surface area (Å²) in [6.45, 7) is 4.46. The van der Waals surface area contributed by atoms with E-state index in [0.29, 0.717) is 29.9 Å². The lowest BCUT2D eigenvalue weighted by Crippen LogP contribution is -2.38. The van der Waals surface area contributed by atoms with Gasteiger partial charge in [0.25, 0.3) is 0 Å². The molecule has 0 aliphatic carbocycles. The Kier molecular flexibility index (Phi) is 5.87. The van der Waals surface area contributed by atoms with Crippen molar-refractivity contribution in [3.8, 4) is 17.4 Å². The summed E-state index contributed by atoms with van der Waals surface area (Å²) in [5, 5.41) is 13.3. The zero-order valence-corrected chi connectivity index (χ0v) is 17.9. The van der Waals surface area contributed by atoms with E-state index in [4.69, 9.17) is 15.2 Å². The van der Waals surface area contributed by atoms with Crippen molar-refractivity contribution in [2.75, 3.05) is 50.5 Å². The first kappa shape index (κ1) is 20.9. The van der Waals surface area contributed by atoms with E-state index in [1.807, 2.05) is 24.3 Å². The molecule has 33 heavy (non-hydrogen) atoms. The molecule has 3 heterocycles. The molecule has 0 atom stereocenters. The van der Waals surface area contributed by atoms with E-state index < -0.39 is 0 Å². The SMILES string of the molecule is Nc1nc2ccccc2n1-c1ncnc(Nc2ccc(O)c(OCCN3CCOCC3)c2)n1. The third kappa shape index (κ3) is 4.64. The molecule has 0 bridgehead atoms. The predicted molar refractivity (Wildman–Crippen MR) is 123 cm³/mol. The van der Waals surface area contributed by atoms with Gasteiger partial charge in [0.2, 0.25) is 17.8 Å². The number of phenols is 1. The zero-order chi connectivity index (χ0) is 22.6. The first-order valence-electron chi connectivity index (χ1n) is 10.6. The normalized spacial score (nSPS) is 14.4. The molecule has 5 rings (SSSR count). The van der Waals surface area contributed by atoms with Crippen LogP contribution in [0.4, 0.5) is 17.6 Å². The third-order valence-corrected chi connectivity index (χ3v) is 5.33. The zero-order valence-electron chi connectivity index (χ0n) is 17.9. The molecule has 0 spiro atoms. The van der Waals surface area contributed by atoms with Crippen molar-refractivity contribution >= 4 is 28.6 Å². The van der Waals surface area contributed by atoms with E-state index >= 15 is 0 Å². The second-order valence-electron chi connectivity index (χ2n) is 7.51. The van der Waals surface area contributed by atoms with Crippen molar-refractivity contribution < 1.29 is 14.6 Å². The second-order valence-corrected chi connectivity index (χ2v) is 7.51. The van der Waals surface area contributed by atoms with Crippen molar-refractivity contribution in [1.29, 1.82) is 0 Å². The smallest absolute Gasteiger partial charge is 0.241 e. The minimum absolute atomic E-state index is 0.0662. The van der Waals surface area contributed by atoms with Gasteiger partial charge in [0.15, 0.2) is 11.5 Å². The molecule has 0 amide bonds. The fourth-order valence-electron chi connectivity index (χ4n) is 3.66. The number of hydrogen-bond acceptors (Lipinski definition) is 10. The van der Waals surface area contributed by atoms with Crippen LogP contribution in [0.5, 0.6) is 11.5 Å². The van der Waals surface area contributed by atoms with Gasteiger partial charge in [-0.15, -0.1) is 0 Å². The van der Waals surface area contributed by atoms with Crippen LogP contribution in [0.1, 0.15) is 0 Å². The molecule has 0 radical (unpaired) electrons. The Balaban J connectivity index is 1.31. The molecular formula is C22H24N8O3. The average Bonchev–Trinajstić information content (AvgIpc) is 3.17. The fraction of sp³-hybridized carbons (Fsp3) is 0.273. The summed E-state index contributed by atoms with van der Waals surface area (Å²) in [7, 11) is 0. The summed E-state index contributed by atoms with van der Waals surface area (Å²) in [6.07, 6.45) is 1.40. The Morgan fingerprint density at radius 2 is 1.94 bits per heavy atom. The average molecular weight is 448 g/mol. The lowest BCUT2D eigenvalue weighted by atomic mass is 10.3. The molecule has 2 aromatic carbocycles. The van der Waals surface area contributed by atoms with E-state index in [9.17, 15) is 5.11 Å². The molecule has 11 heteroatoms. The number of nitrogens with two attached hydrogens (primary N) is 1. The number of ether oxygens (including phenoxy) is 2. The summed E-state index contributed by atoms with van der Waals surface area (Å²) in [5.41, 5.74) is 8.31. The van der Waals surface area contributed by atoms with E-state index in [0.717, 1.165) is 43.9 Å². The van der Waals surface area contributed by atoms with Crippen molar-refractivity contribution in [2.45, 2.75) is 0 Å². The van der Waals surface area contributed by atoms with Crippen LogP contribution in [0.25, 0.3) is 17.0 Å². The number of nitrogens with one attached hydrogen (secondary N) is 1. The number of para-hydroxylation sites is 2. The van der Waals surface area contributed by atoms with Crippen molar-refractivity contribution in [3.05, 3.63) is 48.8 Å². The number of aromatic hydroxyl groups is 1. The van der Waals surface area contributed by atoms with Gasteiger partial charge in [-0.3, -0.25) is 4.90 Å². The number of morpholine rings is 1. The largest absolute Gasteiger partial charge is 0.504 e. The molecule has 170 valence electrons. The fourth-order valence-corrected chi connectivity index (χ4v) is 3.66. The number of aromatic nitrogens is 5. The van der Waals surface area contributed by atoms with Crippen LogP contribution in [0.3, 0.4) is 0 Å². The maximum Gasteiger partial charge on any atom is 0.241 e. The van der Waals surface area contributed by atoms with Crippen LogP contribution < -0.4 is 15.8 Å². The number of rotatable bonds is 7. The maximum absolute atomic E-state index is 10.2. The van der Waals surface area contributed by atoms with Crippen LogP contribution in [0.2, 0.25) is 0 Å². The molecule has 2 aromatic heterocycles. The van der Waals surface area contributed by atoms with Gasteiger partial charge in [-0.05, 0) is 24.3 Å². The van der Waals surface area contributed by atoms with E-state index in [1.54, 1.807) is 22.8 Å². The Hall–Kier alpha value is -3.96. The number of imidazole rings is 1. The van der Waals surface area contributed by atoms with E-state index in [2.05, 4.69) is 30.2 Å². The molecule has 1 aliphatic rings. The highest BCUT2D eigenvalue weighted by molar-refractivity contribution is 5.80. The van der Waals surface area contributed by atoms with Gasteiger partial charge < -0.3 is 25.6 Å². The molecule has 0 saturated carbocycles. The minimum Gasteiger partial charge on any atom is -0.504 e. The molecule has 4 aromatic rings. The van der Waals surface area contributed by atoms with Crippen LogP contribution in [0.15, 0.2) is 48.8 Å². The summed E-state index contributed by atoms with van der Waals surface area (Å²) < 4.78 is 12.8. The summed E-state index contributed by atoms with van der Waals surface area (Å²) >= 11 is 0. The number of fused-ring (bicyclic) bond motifs is 1. The highest BCUT2D eigenvalue weighted by Gasteiger charge is 2.14. The standard InChI is InChI=1S/C22H24N8O3/c23-20-27-16-3-1-2-4-17(16)30(20)22-25-14-24-21(28-22)26-15-5-6-18(31)19(13-15)33-12-9-29-7-10-32-11-8-29/h1-6,13-14,31H,7-12H2,(H2,23,27)(H,24,25,26,28). The number of nitrogen functional groups attached to an aromatic ring is 1. The van der Waals surface area contributed by atoms with Crippen molar-refractivity contribution in [2.24, 2.45) is 0 Å². The van der Waals surface area contributed by atoms with Gasteiger partial charge in [0, 0.05) is 31.4 Å². The summed E-state index contributed by atoms with van der Waals surface area (Å²) in [6, 6.07) is 12.6. The Bertz CT molecular complexity index is 1260. The molecule has 1 fully saturated rings. The molecule has 11 nitrogen and oxygen atoms in total. The number of hydrogen-bond donors (Lipinski definition) is 3. The van der Waals surface area contributed by atoms with Crippen LogP contribution in [-0.4, -0.2) is 74.0 Å². The maximum atomic E-state index is 10.2. The van der Waals surface area contributed by atoms with Crippen molar-refractivity contribution in [3.63, 3.8) is 0 Å². The van der Waals surface area contributed by atoms with E-state index in [1.165, 1.54) is 6.33 Å². The molecule has 4 N–H and O–H groups in total. The highest BCUT2D eigenvalue weighted by Crippen LogP contribution is 2.30. The monoisotopic (exact) mass is 448 g/mol. The van der Waals surface area contributed by atoms with Gasteiger partial charge in [0.1, 0.15) is 12.9 Å². The van der Waals surface area contributed by atoms with Gasteiger partial charge >= 0.3 is 0 Å². The third-order valence-electron chi connectivity index (χ3n) is 5.33. The van der Waals surface area contributed by atoms with Gasteiger partial charge in [-0.1, -0.05) is 12.1 Å². The van der Waals surface area contributed by atoms with Crippen LogP contribution in [-0.2, 0) is 4.74 Å². The Morgan fingerprint density at radius 1 is 1.09 bits per heavy atom. The van der Waals surface area contributed by atoms with Gasteiger partial charge in [-0.25, -0.2) is 19.5 Å². The van der Waals surface area contributed by atoms with Gasteiger partial charge in [-0.2, -0.15) is 4.98 Å². The Morgan fingerprint density at radius 3 is 2.82 bits per heavy atom. The number of benzene rings is 2. The number of anilines is 3. The summed E-state index contributed by atoms with van der Waals surface area (Å²) in [5.74, 6) is 1.40. The molecule has 1 aliphatic heterocycles. The van der Waals surface area contributed by atoms with E-state index in [-0.39, 0.29) is 11.7 Å². The second kappa shape index (κ2) is 9.27. The van der Waals surface area contributed by atoms with Crippen molar-refractivity contribution in [1.82, 2.24) is 29.4 Å². The number of phenolic OH excluding ortho intramolecular Hbond substituents is 1. The number of nitrogens with zero attached hydrogens (tertiary/aromatic N) is 6. The minimum atomic E-state index is 0.0662. The molecule has 0 unspecified atom stereocenters. The Labute approximate surface area is 189 Å². The van der Waals surface area contributed by atoms with Crippen LogP contribution in [0, 0.1) is 0 Å².